The van der Waals surface area contributed by atoms with Crippen LogP contribution in [0.15, 0.2) is 48.5 Å². The third-order valence-corrected chi connectivity index (χ3v) is 5.77. The molecule has 8 nitrogen and oxygen atoms in total. The Balaban J connectivity index is 1.50. The van der Waals surface area contributed by atoms with E-state index in [-0.39, 0.29) is 23.2 Å². The highest BCUT2D eigenvalue weighted by molar-refractivity contribution is 6.32. The molecular formula is C24H23ClN4O4. The zero-order valence-corrected chi connectivity index (χ0v) is 19.2. The molecule has 2 aromatic carbocycles. The molecule has 170 valence electrons. The van der Waals surface area contributed by atoms with Crippen LogP contribution >= 0.6 is 11.6 Å². The number of ether oxygens (including phenoxy) is 1. The summed E-state index contributed by atoms with van der Waals surface area (Å²) in [5.74, 6) is -1.58. The summed E-state index contributed by atoms with van der Waals surface area (Å²) >= 11 is 6.45. The van der Waals surface area contributed by atoms with E-state index in [1.165, 1.54) is 16.5 Å². The molecule has 1 N–H and O–H groups in total. The molecule has 1 atom stereocenters. The summed E-state index contributed by atoms with van der Waals surface area (Å²) in [7, 11) is 0. The van der Waals surface area contributed by atoms with Crippen LogP contribution in [0.1, 0.15) is 34.1 Å². The Labute approximate surface area is 196 Å². The Bertz CT molecular complexity index is 1240. The largest absolute Gasteiger partial charge is 0.449 e. The van der Waals surface area contributed by atoms with E-state index in [1.807, 2.05) is 31.2 Å². The molecule has 0 unspecified atom stereocenters. The van der Waals surface area contributed by atoms with Crippen molar-refractivity contribution in [3.8, 4) is 0 Å². The first kappa shape index (κ1) is 22.5. The first-order chi connectivity index (χ1) is 15.7. The molecule has 0 fully saturated rings. The number of carbonyl (C=O) groups excluding carboxylic acids is 3. The van der Waals surface area contributed by atoms with Crippen molar-refractivity contribution in [3.63, 3.8) is 0 Å². The minimum atomic E-state index is -1.13. The molecule has 0 spiro atoms. The zero-order valence-electron chi connectivity index (χ0n) is 18.5. The number of anilines is 2. The van der Waals surface area contributed by atoms with Crippen LogP contribution in [0.4, 0.5) is 11.4 Å². The van der Waals surface area contributed by atoms with Crippen molar-refractivity contribution in [3.05, 3.63) is 76.1 Å². The number of hydrogen-bond acceptors (Lipinski definition) is 5. The topological polar surface area (TPSA) is 93.5 Å². The first-order valence-electron chi connectivity index (χ1n) is 10.4. The van der Waals surface area contributed by atoms with Crippen LogP contribution in [0, 0.1) is 13.8 Å². The van der Waals surface area contributed by atoms with Gasteiger partial charge in [-0.05, 0) is 38.5 Å². The van der Waals surface area contributed by atoms with Crippen molar-refractivity contribution in [2.24, 2.45) is 0 Å². The molecule has 3 aromatic rings. The first-order valence-corrected chi connectivity index (χ1v) is 10.8. The summed E-state index contributed by atoms with van der Waals surface area (Å²) in [4.78, 5) is 39.3. The van der Waals surface area contributed by atoms with Crippen LogP contribution < -0.4 is 10.2 Å². The highest BCUT2D eigenvalue weighted by Crippen LogP contribution is 2.30. The SMILES string of the molecule is Cc1ccc(Cn2nc(C)c(C(=O)O[C@@H](C)C(=O)N3CC(=O)Nc4ccccc43)c2Cl)cc1. The summed E-state index contributed by atoms with van der Waals surface area (Å²) < 4.78 is 6.97. The summed E-state index contributed by atoms with van der Waals surface area (Å²) in [5, 5.41) is 7.23. The molecule has 2 amide bonds. The lowest BCUT2D eigenvalue weighted by molar-refractivity contribution is -0.128. The van der Waals surface area contributed by atoms with Crippen LogP contribution in [-0.4, -0.2) is 40.2 Å². The minimum Gasteiger partial charge on any atom is -0.449 e. The lowest BCUT2D eigenvalue weighted by Gasteiger charge is -2.30. The van der Waals surface area contributed by atoms with Gasteiger partial charge in [0.05, 0.1) is 23.6 Å². The lowest BCUT2D eigenvalue weighted by atomic mass is 10.1. The fourth-order valence-electron chi connectivity index (χ4n) is 3.68. The standard InChI is InChI=1S/C24H23ClN4O4/c1-14-8-10-17(11-9-14)12-29-22(25)21(15(2)27-29)24(32)33-16(3)23(31)28-13-20(30)26-18-6-4-5-7-19(18)28/h4-11,16H,12-13H2,1-3H3,(H,26,30)/t16-/m0/s1. The third-order valence-electron chi connectivity index (χ3n) is 5.39. The van der Waals surface area contributed by atoms with Crippen LogP contribution in [0.5, 0.6) is 0 Å². The van der Waals surface area contributed by atoms with Gasteiger partial charge in [-0.3, -0.25) is 14.5 Å². The van der Waals surface area contributed by atoms with E-state index in [0.29, 0.717) is 23.6 Å². The van der Waals surface area contributed by atoms with Crippen molar-refractivity contribution in [1.29, 1.82) is 0 Å². The van der Waals surface area contributed by atoms with Crippen molar-refractivity contribution < 1.29 is 19.1 Å². The number of benzene rings is 2. The number of rotatable bonds is 5. The van der Waals surface area contributed by atoms with Gasteiger partial charge < -0.3 is 10.1 Å². The van der Waals surface area contributed by atoms with Gasteiger partial charge in [-0.15, -0.1) is 0 Å². The third kappa shape index (κ3) is 4.61. The van der Waals surface area contributed by atoms with Gasteiger partial charge in [0.2, 0.25) is 5.91 Å². The molecule has 9 heteroatoms. The number of amides is 2. The fourth-order valence-corrected chi connectivity index (χ4v) is 3.99. The summed E-state index contributed by atoms with van der Waals surface area (Å²) in [6.07, 6.45) is -1.13. The van der Waals surface area contributed by atoms with Crippen LogP contribution in [0.2, 0.25) is 5.15 Å². The van der Waals surface area contributed by atoms with E-state index >= 15 is 0 Å². The second-order valence-electron chi connectivity index (χ2n) is 7.93. The van der Waals surface area contributed by atoms with Gasteiger partial charge in [-0.2, -0.15) is 5.10 Å². The Hall–Kier alpha value is -3.65. The van der Waals surface area contributed by atoms with Crippen molar-refractivity contribution in [1.82, 2.24) is 9.78 Å². The van der Waals surface area contributed by atoms with E-state index in [1.54, 1.807) is 31.2 Å². The van der Waals surface area contributed by atoms with E-state index in [4.69, 9.17) is 16.3 Å². The number of esters is 1. The van der Waals surface area contributed by atoms with Gasteiger partial charge >= 0.3 is 5.97 Å². The molecule has 1 aromatic heterocycles. The Kier molecular flexibility index (Phi) is 6.20. The summed E-state index contributed by atoms with van der Waals surface area (Å²) in [6.45, 7) is 5.36. The summed E-state index contributed by atoms with van der Waals surface area (Å²) in [5.41, 5.74) is 3.70. The molecule has 0 aliphatic carbocycles. The fraction of sp³-hybridized carbons (Fsp3) is 0.250. The van der Waals surface area contributed by atoms with E-state index in [0.717, 1.165) is 11.1 Å². The average molecular weight is 467 g/mol. The highest BCUT2D eigenvalue weighted by atomic mass is 35.5. The van der Waals surface area contributed by atoms with Crippen LogP contribution in [0.25, 0.3) is 0 Å². The van der Waals surface area contributed by atoms with Crippen molar-refractivity contribution in [2.75, 3.05) is 16.8 Å². The van der Waals surface area contributed by atoms with E-state index in [9.17, 15) is 14.4 Å². The average Bonchev–Trinajstić information content (AvgIpc) is 3.06. The molecule has 4 rings (SSSR count). The van der Waals surface area contributed by atoms with Gasteiger partial charge in [0.1, 0.15) is 17.3 Å². The Morgan fingerprint density at radius 3 is 2.58 bits per heavy atom. The molecule has 1 aliphatic heterocycles. The molecule has 33 heavy (non-hydrogen) atoms. The second kappa shape index (κ2) is 9.07. The predicted octanol–water partition coefficient (Wildman–Crippen LogP) is 3.73. The second-order valence-corrected chi connectivity index (χ2v) is 8.29. The van der Waals surface area contributed by atoms with Gasteiger partial charge in [0, 0.05) is 0 Å². The molecule has 1 aliphatic rings. The number of aryl methyl sites for hydroxylation is 2. The number of halogens is 1. The number of nitrogens with zero attached hydrogens (tertiary/aromatic N) is 3. The van der Waals surface area contributed by atoms with Gasteiger partial charge in [0.15, 0.2) is 6.10 Å². The summed E-state index contributed by atoms with van der Waals surface area (Å²) in [6, 6.07) is 14.9. The Morgan fingerprint density at radius 1 is 1.15 bits per heavy atom. The molecule has 0 bridgehead atoms. The number of aromatic nitrogens is 2. The van der Waals surface area contributed by atoms with Gasteiger partial charge in [0.25, 0.3) is 5.91 Å². The lowest BCUT2D eigenvalue weighted by Crippen LogP contribution is -2.47. The van der Waals surface area contributed by atoms with E-state index < -0.39 is 18.0 Å². The number of carbonyl (C=O) groups is 3. The van der Waals surface area contributed by atoms with Gasteiger partial charge in [-0.25, -0.2) is 9.48 Å². The molecule has 0 saturated heterocycles. The maximum atomic E-state index is 13.0. The normalized spacial score (nSPS) is 13.8. The zero-order chi connectivity index (χ0) is 23.7. The van der Waals surface area contributed by atoms with Crippen molar-refractivity contribution >= 4 is 40.8 Å². The van der Waals surface area contributed by atoms with Crippen LogP contribution in [-0.2, 0) is 20.9 Å². The van der Waals surface area contributed by atoms with Gasteiger partial charge in [-0.1, -0.05) is 53.6 Å². The molecule has 0 saturated carbocycles. The molecule has 0 radical (unpaired) electrons. The minimum absolute atomic E-state index is 0.111. The number of fused-ring (bicyclic) bond motifs is 1. The smallest absolute Gasteiger partial charge is 0.343 e. The maximum absolute atomic E-state index is 13.0. The Morgan fingerprint density at radius 2 is 1.85 bits per heavy atom. The van der Waals surface area contributed by atoms with E-state index in [2.05, 4.69) is 10.4 Å². The van der Waals surface area contributed by atoms with Crippen molar-refractivity contribution in [2.45, 2.75) is 33.4 Å². The molecular weight excluding hydrogens is 444 g/mol. The molecule has 2 heterocycles. The monoisotopic (exact) mass is 466 g/mol. The number of para-hydroxylation sites is 2. The highest BCUT2D eigenvalue weighted by Gasteiger charge is 2.32. The maximum Gasteiger partial charge on any atom is 0.343 e. The number of nitrogens with one attached hydrogen (secondary N) is 1. The number of hydrogen-bond donors (Lipinski definition) is 1. The van der Waals surface area contributed by atoms with Crippen LogP contribution in [0.3, 0.4) is 0 Å². The predicted molar refractivity (Wildman–Crippen MR) is 125 cm³/mol. The quantitative estimate of drug-likeness (QED) is 0.578.